The number of benzene rings is 1. The molecule has 0 aliphatic carbocycles. The van der Waals surface area contributed by atoms with Crippen LogP contribution in [0.2, 0.25) is 0 Å². The second-order valence-electron chi connectivity index (χ2n) is 4.45. The van der Waals surface area contributed by atoms with Crippen LogP contribution in [-0.4, -0.2) is 42.0 Å². The van der Waals surface area contributed by atoms with E-state index in [0.717, 1.165) is 0 Å². The van der Waals surface area contributed by atoms with Gasteiger partial charge in [-0.1, -0.05) is 34.8 Å². The third-order valence-electron chi connectivity index (χ3n) is 2.92. The first kappa shape index (κ1) is 18.1. The third kappa shape index (κ3) is 4.19. The minimum absolute atomic E-state index is 0.126. The summed E-state index contributed by atoms with van der Waals surface area (Å²) in [6, 6.07) is 5.22. The first-order chi connectivity index (χ1) is 10.8. The van der Waals surface area contributed by atoms with E-state index in [-0.39, 0.29) is 18.8 Å². The van der Waals surface area contributed by atoms with Crippen LogP contribution >= 0.6 is 34.8 Å². The molecular formula is C13H13Cl3N2O5. The first-order valence-corrected chi connectivity index (χ1v) is 7.53. The Hall–Kier alpha value is -1.25. The molecule has 1 aromatic rings. The molecule has 0 bridgehead atoms. The summed E-state index contributed by atoms with van der Waals surface area (Å²) in [5, 5.41) is 4.31. The fourth-order valence-corrected chi connectivity index (χ4v) is 2.29. The van der Waals surface area contributed by atoms with Gasteiger partial charge in [0, 0.05) is 5.56 Å². The number of nitrogens with one attached hydrogen (secondary N) is 2. The summed E-state index contributed by atoms with van der Waals surface area (Å²) in [6.07, 6.45) is 0. The van der Waals surface area contributed by atoms with E-state index in [1.165, 1.54) is 19.2 Å². The zero-order chi connectivity index (χ0) is 17.1. The summed E-state index contributed by atoms with van der Waals surface area (Å²) in [7, 11) is 1.50. The van der Waals surface area contributed by atoms with E-state index in [2.05, 4.69) is 10.6 Å². The fraction of sp³-hybridized carbons (Fsp3) is 0.385. The summed E-state index contributed by atoms with van der Waals surface area (Å²) in [4.78, 5) is 23.9. The largest absolute Gasteiger partial charge is 0.497 e. The molecule has 0 spiro atoms. The molecule has 0 radical (unpaired) electrons. The predicted molar refractivity (Wildman–Crippen MR) is 83.9 cm³/mol. The van der Waals surface area contributed by atoms with Gasteiger partial charge in [-0.2, -0.15) is 0 Å². The molecule has 1 aromatic carbocycles. The highest BCUT2D eigenvalue weighted by Crippen LogP contribution is 2.41. The van der Waals surface area contributed by atoms with Gasteiger partial charge in [-0.15, -0.1) is 0 Å². The Morgan fingerprint density at radius 3 is 2.22 bits per heavy atom. The number of ether oxygens (including phenoxy) is 3. The Balaban J connectivity index is 2.01. The predicted octanol–water partition coefficient (Wildman–Crippen LogP) is 2.21. The molecule has 23 heavy (non-hydrogen) atoms. The van der Waals surface area contributed by atoms with Gasteiger partial charge in [0.25, 0.3) is 9.70 Å². The average molecular weight is 384 g/mol. The molecule has 1 aliphatic heterocycles. The highest BCUT2D eigenvalue weighted by atomic mass is 35.6. The van der Waals surface area contributed by atoms with Crippen molar-refractivity contribution in [2.75, 3.05) is 20.3 Å². The van der Waals surface area contributed by atoms with Crippen LogP contribution in [0.5, 0.6) is 5.75 Å². The Morgan fingerprint density at radius 1 is 1.17 bits per heavy atom. The fourth-order valence-electron chi connectivity index (χ4n) is 1.82. The van der Waals surface area contributed by atoms with Gasteiger partial charge in [-0.25, -0.2) is 4.79 Å². The number of carbonyl (C=O) groups excluding carboxylic acids is 2. The average Bonchev–Trinajstić information content (AvgIpc) is 2.96. The number of alkyl halides is 3. The molecule has 3 amide bonds. The SMILES string of the molecule is COc1ccc(C(=O)NC(=O)NC2(C(Cl)(Cl)Cl)OCCO2)cc1. The molecule has 0 saturated carbocycles. The number of methoxy groups -OCH3 is 1. The lowest BCUT2D eigenvalue weighted by Gasteiger charge is -2.33. The quantitative estimate of drug-likeness (QED) is 0.782. The minimum atomic E-state index is -2.08. The Morgan fingerprint density at radius 2 is 1.74 bits per heavy atom. The lowest BCUT2D eigenvalue weighted by atomic mass is 10.2. The molecule has 1 fully saturated rings. The highest BCUT2D eigenvalue weighted by Gasteiger charge is 2.55. The second-order valence-corrected chi connectivity index (χ2v) is 6.73. The van der Waals surface area contributed by atoms with E-state index in [0.29, 0.717) is 5.75 Å². The van der Waals surface area contributed by atoms with E-state index >= 15 is 0 Å². The van der Waals surface area contributed by atoms with Crippen molar-refractivity contribution < 1.29 is 23.8 Å². The molecule has 1 aliphatic rings. The topological polar surface area (TPSA) is 85.9 Å². The van der Waals surface area contributed by atoms with E-state index in [1.807, 2.05) is 0 Å². The van der Waals surface area contributed by atoms with E-state index in [1.54, 1.807) is 12.1 Å². The molecule has 0 aromatic heterocycles. The molecule has 1 heterocycles. The molecule has 2 rings (SSSR count). The number of amides is 3. The minimum Gasteiger partial charge on any atom is -0.497 e. The lowest BCUT2D eigenvalue weighted by molar-refractivity contribution is -0.167. The number of carbonyl (C=O) groups is 2. The summed E-state index contributed by atoms with van der Waals surface area (Å²) in [5.41, 5.74) is 0.247. The van der Waals surface area contributed by atoms with Crippen molar-refractivity contribution in [3.8, 4) is 5.75 Å². The van der Waals surface area contributed by atoms with Crippen LogP contribution in [0.3, 0.4) is 0 Å². The van der Waals surface area contributed by atoms with Crippen molar-refractivity contribution in [3.63, 3.8) is 0 Å². The van der Waals surface area contributed by atoms with Crippen LogP contribution in [0, 0.1) is 0 Å². The van der Waals surface area contributed by atoms with Crippen molar-refractivity contribution in [2.45, 2.75) is 9.70 Å². The molecule has 10 heteroatoms. The van der Waals surface area contributed by atoms with Crippen LogP contribution in [0.4, 0.5) is 4.79 Å². The van der Waals surface area contributed by atoms with Gasteiger partial charge in [-0.3, -0.25) is 15.4 Å². The van der Waals surface area contributed by atoms with Gasteiger partial charge in [0.1, 0.15) is 5.75 Å². The summed E-state index contributed by atoms with van der Waals surface area (Å²) in [5.74, 6) is -2.03. The Labute approximate surface area is 147 Å². The number of rotatable bonds is 3. The zero-order valence-corrected chi connectivity index (χ0v) is 14.2. The van der Waals surface area contributed by atoms with Crippen molar-refractivity contribution in [2.24, 2.45) is 0 Å². The molecule has 1 saturated heterocycles. The summed E-state index contributed by atoms with van der Waals surface area (Å²) < 4.78 is 13.3. The van der Waals surface area contributed by atoms with Gasteiger partial charge >= 0.3 is 11.9 Å². The second kappa shape index (κ2) is 7.11. The number of imide groups is 1. The maximum Gasteiger partial charge on any atom is 0.325 e. The van der Waals surface area contributed by atoms with Crippen LogP contribution in [0.1, 0.15) is 10.4 Å². The van der Waals surface area contributed by atoms with Gasteiger partial charge in [-0.05, 0) is 24.3 Å². The normalized spacial score (nSPS) is 16.7. The molecule has 0 atom stereocenters. The highest BCUT2D eigenvalue weighted by molar-refractivity contribution is 6.68. The zero-order valence-electron chi connectivity index (χ0n) is 11.9. The third-order valence-corrected chi connectivity index (χ3v) is 3.67. The van der Waals surface area contributed by atoms with Crippen molar-refractivity contribution >= 4 is 46.7 Å². The van der Waals surface area contributed by atoms with Gasteiger partial charge in [0.15, 0.2) is 0 Å². The number of hydrogen-bond acceptors (Lipinski definition) is 5. The first-order valence-electron chi connectivity index (χ1n) is 6.39. The monoisotopic (exact) mass is 382 g/mol. The van der Waals surface area contributed by atoms with Crippen LogP contribution in [0.25, 0.3) is 0 Å². The maximum absolute atomic E-state index is 12.0. The van der Waals surface area contributed by atoms with Gasteiger partial charge < -0.3 is 14.2 Å². The molecule has 126 valence electrons. The number of urea groups is 1. The maximum atomic E-state index is 12.0. The van der Waals surface area contributed by atoms with Crippen molar-refractivity contribution in [1.29, 1.82) is 0 Å². The Kier molecular flexibility index (Phi) is 5.59. The molecule has 2 N–H and O–H groups in total. The Bertz CT molecular complexity index is 582. The van der Waals surface area contributed by atoms with Gasteiger partial charge in [0.05, 0.1) is 20.3 Å². The smallest absolute Gasteiger partial charge is 0.325 e. The summed E-state index contributed by atoms with van der Waals surface area (Å²) in [6.45, 7) is 0.251. The van der Waals surface area contributed by atoms with Crippen LogP contribution in [-0.2, 0) is 9.47 Å². The van der Waals surface area contributed by atoms with E-state index in [9.17, 15) is 9.59 Å². The van der Waals surface area contributed by atoms with Crippen LogP contribution < -0.4 is 15.4 Å². The molecular weight excluding hydrogens is 371 g/mol. The van der Waals surface area contributed by atoms with E-state index < -0.39 is 21.6 Å². The van der Waals surface area contributed by atoms with Gasteiger partial charge in [0.2, 0.25) is 0 Å². The standard InChI is InChI=1S/C13H13Cl3N2O5/c1-21-9-4-2-8(3-5-9)10(19)17-11(20)18-13(12(14,15)16)22-6-7-23-13/h2-5H,6-7H2,1H3,(H2,17,18,19,20). The van der Waals surface area contributed by atoms with Crippen molar-refractivity contribution in [1.82, 2.24) is 10.6 Å². The lowest BCUT2D eigenvalue weighted by Crippen LogP contribution is -2.61. The molecule has 0 unspecified atom stereocenters. The molecule has 7 nitrogen and oxygen atoms in total. The van der Waals surface area contributed by atoms with Crippen molar-refractivity contribution in [3.05, 3.63) is 29.8 Å². The van der Waals surface area contributed by atoms with E-state index in [4.69, 9.17) is 49.0 Å². The number of halogens is 3. The summed E-state index contributed by atoms with van der Waals surface area (Å²) >= 11 is 17.3. The number of hydrogen-bond donors (Lipinski definition) is 2. The van der Waals surface area contributed by atoms with Crippen LogP contribution in [0.15, 0.2) is 24.3 Å².